The number of nitrogens with zero attached hydrogens (tertiary/aromatic N) is 2. The number of nitrogens with one attached hydrogen (secondary N) is 2. The van der Waals surface area contributed by atoms with Crippen molar-refractivity contribution < 1.29 is 9.59 Å². The highest BCUT2D eigenvalue weighted by molar-refractivity contribution is 6.03. The minimum atomic E-state index is -0.229. The van der Waals surface area contributed by atoms with Crippen LogP contribution in [0.1, 0.15) is 34.1 Å². The van der Waals surface area contributed by atoms with E-state index in [0.29, 0.717) is 6.54 Å². The zero-order chi connectivity index (χ0) is 21.7. The Balaban J connectivity index is 1.57. The fourth-order valence-electron chi connectivity index (χ4n) is 3.93. The molecule has 0 aromatic heterocycles. The van der Waals surface area contributed by atoms with Gasteiger partial charge in [0.2, 0.25) is 11.8 Å². The van der Waals surface area contributed by atoms with Crippen LogP contribution in [0, 0.1) is 0 Å². The van der Waals surface area contributed by atoms with Crippen LogP contribution >= 0.6 is 0 Å². The molecule has 0 radical (unpaired) electrons. The van der Waals surface area contributed by atoms with Crippen LogP contribution in [0.15, 0.2) is 42.5 Å². The molecule has 162 valence electrons. The second-order valence-electron chi connectivity index (χ2n) is 9.16. The standard InChI is InChI=1S/C24H34N4O2/c1-18(23(30)25-21-12-7-10-19-9-5-6-11-20(19)21)28-14-8-13-27(15-16-28)17-22(29)26-24(2,3)4/h5-7,9-12,18H,8,13-17H2,1-4H3,(H,25,30)(H,26,29)/t18-/m0/s1. The van der Waals surface area contributed by atoms with E-state index in [1.54, 1.807) is 0 Å². The van der Waals surface area contributed by atoms with E-state index in [1.807, 2.05) is 70.2 Å². The summed E-state index contributed by atoms with van der Waals surface area (Å²) in [7, 11) is 0. The van der Waals surface area contributed by atoms with E-state index in [-0.39, 0.29) is 23.4 Å². The summed E-state index contributed by atoms with van der Waals surface area (Å²) in [5.74, 6) is 0.0583. The van der Waals surface area contributed by atoms with Crippen LogP contribution in [0.4, 0.5) is 5.69 Å². The number of benzene rings is 2. The van der Waals surface area contributed by atoms with Crippen molar-refractivity contribution in [2.45, 2.75) is 45.7 Å². The third kappa shape index (κ3) is 6.03. The third-order valence-corrected chi connectivity index (χ3v) is 5.48. The smallest absolute Gasteiger partial charge is 0.241 e. The molecule has 2 amide bonds. The second kappa shape index (κ2) is 9.58. The first-order valence-corrected chi connectivity index (χ1v) is 10.8. The molecule has 1 heterocycles. The molecule has 30 heavy (non-hydrogen) atoms. The average Bonchev–Trinajstić information content (AvgIpc) is 2.91. The molecule has 1 atom stereocenters. The van der Waals surface area contributed by atoms with Gasteiger partial charge in [0.1, 0.15) is 0 Å². The maximum atomic E-state index is 13.0. The zero-order valence-electron chi connectivity index (χ0n) is 18.6. The summed E-state index contributed by atoms with van der Waals surface area (Å²) in [6, 6.07) is 13.8. The summed E-state index contributed by atoms with van der Waals surface area (Å²) in [4.78, 5) is 29.6. The summed E-state index contributed by atoms with van der Waals surface area (Å²) in [5.41, 5.74) is 0.628. The van der Waals surface area contributed by atoms with Crippen molar-refractivity contribution in [2.75, 3.05) is 38.0 Å². The Bertz CT molecular complexity index is 885. The molecule has 1 aliphatic heterocycles. The van der Waals surface area contributed by atoms with E-state index in [4.69, 9.17) is 0 Å². The minimum Gasteiger partial charge on any atom is -0.350 e. The van der Waals surface area contributed by atoms with Crippen LogP contribution < -0.4 is 10.6 Å². The SMILES string of the molecule is C[C@@H](C(=O)Nc1cccc2ccccc12)N1CCCN(CC(=O)NC(C)(C)C)CC1. The third-order valence-electron chi connectivity index (χ3n) is 5.48. The molecule has 1 aliphatic rings. The molecule has 2 N–H and O–H groups in total. The van der Waals surface area contributed by atoms with Gasteiger partial charge < -0.3 is 10.6 Å². The fourth-order valence-corrected chi connectivity index (χ4v) is 3.93. The highest BCUT2D eigenvalue weighted by Gasteiger charge is 2.25. The molecule has 0 unspecified atom stereocenters. The van der Waals surface area contributed by atoms with Crippen molar-refractivity contribution in [1.82, 2.24) is 15.1 Å². The van der Waals surface area contributed by atoms with Gasteiger partial charge in [-0.3, -0.25) is 19.4 Å². The largest absolute Gasteiger partial charge is 0.350 e. The van der Waals surface area contributed by atoms with Gasteiger partial charge in [0.15, 0.2) is 0 Å². The van der Waals surface area contributed by atoms with Gasteiger partial charge in [0.25, 0.3) is 0 Å². The number of fused-ring (bicyclic) bond motifs is 1. The Kier molecular flexibility index (Phi) is 7.10. The van der Waals surface area contributed by atoms with E-state index >= 15 is 0 Å². The first kappa shape index (κ1) is 22.2. The average molecular weight is 411 g/mol. The van der Waals surface area contributed by atoms with Gasteiger partial charge in [-0.1, -0.05) is 36.4 Å². The summed E-state index contributed by atoms with van der Waals surface area (Å²) in [6.45, 7) is 11.6. The molecule has 6 heteroatoms. The predicted octanol–water partition coefficient (Wildman–Crippen LogP) is 3.09. The maximum absolute atomic E-state index is 13.0. The molecule has 0 bridgehead atoms. The highest BCUT2D eigenvalue weighted by Crippen LogP contribution is 2.23. The summed E-state index contributed by atoms with van der Waals surface area (Å²) >= 11 is 0. The normalized spacial score (nSPS) is 17.3. The lowest BCUT2D eigenvalue weighted by Gasteiger charge is -2.27. The Morgan fingerprint density at radius 3 is 2.50 bits per heavy atom. The second-order valence-corrected chi connectivity index (χ2v) is 9.16. The fraction of sp³-hybridized carbons (Fsp3) is 0.500. The summed E-state index contributed by atoms with van der Waals surface area (Å²) in [6.07, 6.45) is 0.939. The van der Waals surface area contributed by atoms with Crippen LogP contribution in [0.5, 0.6) is 0 Å². The molecule has 2 aromatic carbocycles. The first-order valence-electron chi connectivity index (χ1n) is 10.8. The van der Waals surface area contributed by atoms with Crippen molar-refractivity contribution in [1.29, 1.82) is 0 Å². The zero-order valence-corrected chi connectivity index (χ0v) is 18.6. The monoisotopic (exact) mass is 410 g/mol. The quantitative estimate of drug-likeness (QED) is 0.795. The van der Waals surface area contributed by atoms with Crippen molar-refractivity contribution in [2.24, 2.45) is 0 Å². The molecular formula is C24H34N4O2. The molecule has 1 fully saturated rings. The van der Waals surface area contributed by atoms with E-state index in [0.717, 1.165) is 49.1 Å². The molecule has 0 spiro atoms. The van der Waals surface area contributed by atoms with Gasteiger partial charge in [-0.2, -0.15) is 0 Å². The van der Waals surface area contributed by atoms with Crippen LogP contribution in [0.25, 0.3) is 10.8 Å². The number of amides is 2. The van der Waals surface area contributed by atoms with Crippen LogP contribution in [-0.4, -0.2) is 65.9 Å². The van der Waals surface area contributed by atoms with Gasteiger partial charge >= 0.3 is 0 Å². The lowest BCUT2D eigenvalue weighted by molar-refractivity contribution is -0.124. The van der Waals surface area contributed by atoms with Crippen molar-refractivity contribution in [3.63, 3.8) is 0 Å². The Hall–Kier alpha value is -2.44. The molecule has 6 nitrogen and oxygen atoms in total. The Morgan fingerprint density at radius 2 is 1.73 bits per heavy atom. The molecule has 0 aliphatic carbocycles. The van der Waals surface area contributed by atoms with Crippen molar-refractivity contribution in [3.8, 4) is 0 Å². The number of carbonyl (C=O) groups excluding carboxylic acids is 2. The van der Waals surface area contributed by atoms with Crippen molar-refractivity contribution >= 4 is 28.3 Å². The van der Waals surface area contributed by atoms with Gasteiger partial charge in [-0.25, -0.2) is 0 Å². The Labute approximate surface area is 179 Å². The van der Waals surface area contributed by atoms with Gasteiger partial charge in [0.05, 0.1) is 12.6 Å². The topological polar surface area (TPSA) is 64.7 Å². The van der Waals surface area contributed by atoms with E-state index < -0.39 is 0 Å². The lowest BCUT2D eigenvalue weighted by Crippen LogP contribution is -2.47. The lowest BCUT2D eigenvalue weighted by atomic mass is 10.1. The number of hydrogen-bond acceptors (Lipinski definition) is 4. The number of anilines is 1. The van der Waals surface area contributed by atoms with Gasteiger partial charge in [0, 0.05) is 36.2 Å². The van der Waals surface area contributed by atoms with E-state index in [9.17, 15) is 9.59 Å². The number of rotatable bonds is 5. The number of carbonyl (C=O) groups is 2. The van der Waals surface area contributed by atoms with Crippen LogP contribution in [-0.2, 0) is 9.59 Å². The van der Waals surface area contributed by atoms with Gasteiger partial charge in [-0.15, -0.1) is 0 Å². The predicted molar refractivity (Wildman–Crippen MR) is 123 cm³/mol. The molecule has 1 saturated heterocycles. The molecule has 2 aromatic rings. The van der Waals surface area contributed by atoms with Crippen molar-refractivity contribution in [3.05, 3.63) is 42.5 Å². The molecular weight excluding hydrogens is 376 g/mol. The van der Waals surface area contributed by atoms with E-state index in [1.165, 1.54) is 0 Å². The summed E-state index contributed by atoms with van der Waals surface area (Å²) < 4.78 is 0. The van der Waals surface area contributed by atoms with Gasteiger partial charge in [-0.05, 0) is 52.1 Å². The highest BCUT2D eigenvalue weighted by atomic mass is 16.2. The summed E-state index contributed by atoms with van der Waals surface area (Å²) in [5, 5.41) is 8.30. The van der Waals surface area contributed by atoms with Crippen LogP contribution in [0.3, 0.4) is 0 Å². The molecule has 0 saturated carbocycles. The number of hydrogen-bond donors (Lipinski definition) is 2. The molecule has 3 rings (SSSR count). The Morgan fingerprint density at radius 1 is 1.00 bits per heavy atom. The van der Waals surface area contributed by atoms with Crippen LogP contribution in [0.2, 0.25) is 0 Å². The van der Waals surface area contributed by atoms with E-state index in [2.05, 4.69) is 20.4 Å². The minimum absolute atomic E-state index is 0.00489. The first-order chi connectivity index (χ1) is 14.2. The maximum Gasteiger partial charge on any atom is 0.241 e.